The first-order valence-electron chi connectivity index (χ1n) is 12.2. The van der Waals surface area contributed by atoms with Crippen molar-refractivity contribution in [1.82, 2.24) is 10.2 Å². The van der Waals surface area contributed by atoms with E-state index < -0.39 is 0 Å². The number of amides is 2. The minimum atomic E-state index is -0.299. The van der Waals surface area contributed by atoms with Gasteiger partial charge in [0.1, 0.15) is 5.82 Å². The fraction of sp³-hybridized carbons (Fsp3) is 0.481. The second-order valence-corrected chi connectivity index (χ2v) is 9.28. The highest BCUT2D eigenvalue weighted by Crippen LogP contribution is 2.30. The van der Waals surface area contributed by atoms with Gasteiger partial charge in [0.05, 0.1) is 13.0 Å². The van der Waals surface area contributed by atoms with E-state index in [1.807, 2.05) is 30.3 Å². The average Bonchev–Trinajstić information content (AvgIpc) is 3.52. The molecule has 4 rings (SSSR count). The minimum Gasteiger partial charge on any atom is -0.355 e. The number of nitrogens with zero attached hydrogens (tertiary/aromatic N) is 2. The quantitative estimate of drug-likeness (QED) is 0.618. The molecule has 2 aliphatic rings. The van der Waals surface area contributed by atoms with E-state index in [1.165, 1.54) is 25.0 Å². The minimum absolute atomic E-state index is 0.0144. The van der Waals surface area contributed by atoms with Crippen molar-refractivity contribution in [2.75, 3.05) is 31.1 Å². The lowest BCUT2D eigenvalue weighted by atomic mass is 10.0. The molecule has 0 aromatic heterocycles. The molecule has 1 aliphatic heterocycles. The van der Waals surface area contributed by atoms with Gasteiger partial charge >= 0.3 is 0 Å². The Morgan fingerprint density at radius 3 is 2.39 bits per heavy atom. The number of halogens is 1. The third-order valence-corrected chi connectivity index (χ3v) is 6.76. The van der Waals surface area contributed by atoms with Crippen LogP contribution >= 0.6 is 0 Å². The molecule has 2 aromatic rings. The molecule has 0 bridgehead atoms. The number of carbonyl (C=O) groups excluding carboxylic acids is 2. The molecule has 1 aliphatic carbocycles. The van der Waals surface area contributed by atoms with Crippen molar-refractivity contribution >= 4 is 17.5 Å². The van der Waals surface area contributed by atoms with E-state index in [4.69, 9.17) is 0 Å². The van der Waals surface area contributed by atoms with Crippen molar-refractivity contribution in [3.05, 3.63) is 65.5 Å². The zero-order valence-corrected chi connectivity index (χ0v) is 19.3. The summed E-state index contributed by atoms with van der Waals surface area (Å²) in [6.07, 6.45) is 6.80. The average molecular weight is 452 g/mol. The maximum Gasteiger partial charge on any atom is 0.230 e. The number of benzene rings is 2. The van der Waals surface area contributed by atoms with E-state index >= 15 is 0 Å². The van der Waals surface area contributed by atoms with Crippen LogP contribution < -0.4 is 10.2 Å². The van der Waals surface area contributed by atoms with Gasteiger partial charge in [-0.3, -0.25) is 9.59 Å². The van der Waals surface area contributed by atoms with Gasteiger partial charge in [0.25, 0.3) is 0 Å². The zero-order chi connectivity index (χ0) is 23.0. The Morgan fingerprint density at radius 1 is 0.970 bits per heavy atom. The van der Waals surface area contributed by atoms with Crippen LogP contribution in [0.25, 0.3) is 0 Å². The number of likely N-dealkylation sites (tertiary alicyclic amines) is 1. The molecule has 176 valence electrons. The summed E-state index contributed by atoms with van der Waals surface area (Å²) in [7, 11) is 0. The van der Waals surface area contributed by atoms with Gasteiger partial charge in [-0.15, -0.1) is 0 Å². The van der Waals surface area contributed by atoms with Crippen molar-refractivity contribution in [2.45, 2.75) is 51.5 Å². The fourth-order valence-electron chi connectivity index (χ4n) is 4.91. The van der Waals surface area contributed by atoms with Crippen molar-refractivity contribution in [2.24, 2.45) is 5.92 Å². The van der Waals surface area contributed by atoms with Crippen LogP contribution in [0.4, 0.5) is 10.1 Å². The highest BCUT2D eigenvalue weighted by molar-refractivity contribution is 5.95. The molecule has 0 unspecified atom stereocenters. The second-order valence-electron chi connectivity index (χ2n) is 9.28. The van der Waals surface area contributed by atoms with E-state index in [2.05, 4.69) is 10.2 Å². The number of nitrogens with one attached hydrogen (secondary N) is 1. The molecule has 0 radical (unpaired) electrons. The van der Waals surface area contributed by atoms with Gasteiger partial charge in [0.2, 0.25) is 11.8 Å². The van der Waals surface area contributed by atoms with E-state index in [0.29, 0.717) is 19.5 Å². The van der Waals surface area contributed by atoms with Crippen LogP contribution in [0.2, 0.25) is 0 Å². The number of hydrogen-bond acceptors (Lipinski definition) is 3. The lowest BCUT2D eigenvalue weighted by Gasteiger charge is -2.26. The van der Waals surface area contributed by atoms with Crippen molar-refractivity contribution in [3.8, 4) is 0 Å². The lowest BCUT2D eigenvalue weighted by Crippen LogP contribution is -2.35. The summed E-state index contributed by atoms with van der Waals surface area (Å²) in [6, 6.07) is 14.0. The first-order chi connectivity index (χ1) is 16.1. The summed E-state index contributed by atoms with van der Waals surface area (Å²) < 4.78 is 13.7. The van der Waals surface area contributed by atoms with Crippen molar-refractivity contribution in [1.29, 1.82) is 0 Å². The monoisotopic (exact) mass is 451 g/mol. The third-order valence-electron chi connectivity index (χ3n) is 6.76. The Hall–Kier alpha value is -2.73. The maximum atomic E-state index is 13.7. The summed E-state index contributed by atoms with van der Waals surface area (Å²) in [6.45, 7) is 4.17. The lowest BCUT2D eigenvalue weighted by molar-refractivity contribution is -0.122. The molecule has 0 spiro atoms. The predicted octanol–water partition coefficient (Wildman–Crippen LogP) is 4.30. The molecule has 33 heavy (non-hydrogen) atoms. The molecule has 1 heterocycles. The first kappa shape index (κ1) is 23.4. The molecule has 1 saturated carbocycles. The number of hydrogen-bond donors (Lipinski definition) is 1. The molecule has 2 fully saturated rings. The molecule has 5 nitrogen and oxygen atoms in total. The fourth-order valence-corrected chi connectivity index (χ4v) is 4.91. The topological polar surface area (TPSA) is 52.7 Å². The van der Waals surface area contributed by atoms with E-state index in [9.17, 15) is 14.0 Å². The molecular weight excluding hydrogens is 417 g/mol. The normalized spacial score (nSPS) is 16.8. The van der Waals surface area contributed by atoms with E-state index in [1.54, 1.807) is 11.0 Å². The van der Waals surface area contributed by atoms with Gasteiger partial charge in [-0.05, 0) is 74.2 Å². The zero-order valence-electron chi connectivity index (χ0n) is 19.3. The Labute approximate surface area is 196 Å². The summed E-state index contributed by atoms with van der Waals surface area (Å²) in [4.78, 5) is 29.8. The van der Waals surface area contributed by atoms with Crippen LogP contribution in [0.15, 0.2) is 48.5 Å². The molecule has 1 N–H and O–H groups in total. The first-order valence-corrected chi connectivity index (χ1v) is 12.2. The van der Waals surface area contributed by atoms with Crippen LogP contribution in [0.1, 0.15) is 49.7 Å². The molecule has 6 heteroatoms. The molecule has 1 saturated heterocycles. The Morgan fingerprint density at radius 2 is 1.70 bits per heavy atom. The van der Waals surface area contributed by atoms with Crippen LogP contribution in [0.3, 0.4) is 0 Å². The third kappa shape index (κ3) is 6.64. The van der Waals surface area contributed by atoms with Gasteiger partial charge in [-0.2, -0.15) is 0 Å². The Kier molecular flexibility index (Phi) is 8.10. The summed E-state index contributed by atoms with van der Waals surface area (Å²) in [5.41, 5.74) is 2.47. The Balaban J connectivity index is 1.39. The maximum absolute atomic E-state index is 13.7. The number of anilines is 1. The standard InChI is InChI=1S/C27H34FN3O2/c28-24-9-5-6-22(18-24)20-31(27(33)23-7-1-2-8-23)25-12-10-21(11-13-25)19-26(32)29-14-17-30-15-3-4-16-30/h5-6,9-13,18,23H,1-4,7-8,14-17,19-20H2,(H,29,32). The van der Waals surface area contributed by atoms with Crippen molar-refractivity contribution in [3.63, 3.8) is 0 Å². The molecular formula is C27H34FN3O2. The number of rotatable bonds is 9. The molecule has 0 atom stereocenters. The van der Waals surface area contributed by atoms with Gasteiger partial charge in [-0.1, -0.05) is 37.1 Å². The summed E-state index contributed by atoms with van der Waals surface area (Å²) in [5, 5.41) is 3.01. The highest BCUT2D eigenvalue weighted by Gasteiger charge is 2.28. The second kappa shape index (κ2) is 11.4. The highest BCUT2D eigenvalue weighted by atomic mass is 19.1. The SMILES string of the molecule is O=C(Cc1ccc(N(Cc2cccc(F)c2)C(=O)C2CCCC2)cc1)NCCN1CCCC1. The van der Waals surface area contributed by atoms with Gasteiger partial charge in [0.15, 0.2) is 0 Å². The van der Waals surface area contributed by atoms with E-state index in [-0.39, 0.29) is 23.5 Å². The number of carbonyl (C=O) groups is 2. The van der Waals surface area contributed by atoms with Crippen LogP contribution in [0.5, 0.6) is 0 Å². The largest absolute Gasteiger partial charge is 0.355 e. The smallest absolute Gasteiger partial charge is 0.230 e. The van der Waals surface area contributed by atoms with Gasteiger partial charge < -0.3 is 15.1 Å². The summed E-state index contributed by atoms with van der Waals surface area (Å²) >= 11 is 0. The molecule has 2 amide bonds. The predicted molar refractivity (Wildman–Crippen MR) is 128 cm³/mol. The van der Waals surface area contributed by atoms with Crippen LogP contribution in [-0.2, 0) is 22.6 Å². The Bertz CT molecular complexity index is 935. The van der Waals surface area contributed by atoms with Gasteiger partial charge in [-0.25, -0.2) is 4.39 Å². The van der Waals surface area contributed by atoms with E-state index in [0.717, 1.165) is 62.1 Å². The molecule has 2 aromatic carbocycles. The van der Waals surface area contributed by atoms with Crippen LogP contribution in [0, 0.1) is 11.7 Å². The van der Waals surface area contributed by atoms with Gasteiger partial charge in [0, 0.05) is 24.7 Å². The van der Waals surface area contributed by atoms with Crippen LogP contribution in [-0.4, -0.2) is 42.9 Å². The van der Waals surface area contributed by atoms with Crippen molar-refractivity contribution < 1.29 is 14.0 Å². The summed E-state index contributed by atoms with van der Waals surface area (Å²) in [5.74, 6) is -0.156.